The van der Waals surface area contributed by atoms with Crippen LogP contribution in [0, 0.1) is 12.8 Å². The molecule has 1 fully saturated rings. The van der Waals surface area contributed by atoms with Crippen molar-refractivity contribution in [2.75, 3.05) is 7.11 Å². The number of amides is 1. The zero-order valence-corrected chi connectivity index (χ0v) is 14.1. The second-order valence-electron chi connectivity index (χ2n) is 6.09. The van der Waals surface area contributed by atoms with E-state index in [1.165, 1.54) is 0 Å². The van der Waals surface area contributed by atoms with Gasteiger partial charge in [0.15, 0.2) is 5.69 Å². The van der Waals surface area contributed by atoms with E-state index in [-0.39, 0.29) is 11.7 Å². The predicted octanol–water partition coefficient (Wildman–Crippen LogP) is 1.57. The molecule has 1 aliphatic rings. The Morgan fingerprint density at radius 3 is 2.64 bits per heavy atom. The topological polar surface area (TPSA) is 106 Å². The molecule has 132 valence electrons. The average molecular weight is 344 g/mol. The largest absolute Gasteiger partial charge is 0.497 e. The van der Waals surface area contributed by atoms with Crippen molar-refractivity contribution in [3.63, 3.8) is 0 Å². The SMILES string of the molecule is COc1ccc(-n2nnc(C(=O)N[C@@H]3CCC[C@@H]3C(=O)O)c2C)cc1. The third kappa shape index (κ3) is 3.33. The minimum absolute atomic E-state index is 0.201. The number of hydrogen-bond donors (Lipinski definition) is 2. The van der Waals surface area contributed by atoms with Crippen LogP contribution in [0.4, 0.5) is 0 Å². The predicted molar refractivity (Wildman–Crippen MR) is 88.9 cm³/mol. The monoisotopic (exact) mass is 344 g/mol. The maximum atomic E-state index is 12.5. The third-order valence-corrected chi connectivity index (χ3v) is 4.58. The summed E-state index contributed by atoms with van der Waals surface area (Å²) in [6, 6.07) is 6.87. The van der Waals surface area contributed by atoms with Crippen molar-refractivity contribution in [2.45, 2.75) is 32.2 Å². The van der Waals surface area contributed by atoms with Crippen molar-refractivity contribution < 1.29 is 19.4 Å². The standard InChI is InChI=1S/C17H20N4O4/c1-10-15(16(22)18-14-5-3-4-13(14)17(23)24)19-20-21(10)11-6-8-12(25-2)9-7-11/h6-9,13-14H,3-5H2,1-2H3,(H,18,22)(H,23,24)/t13-,14+/m0/s1. The average Bonchev–Trinajstić information content (AvgIpc) is 3.21. The third-order valence-electron chi connectivity index (χ3n) is 4.58. The molecule has 1 amide bonds. The number of hydrogen-bond acceptors (Lipinski definition) is 5. The van der Waals surface area contributed by atoms with Crippen LogP contribution in [0.1, 0.15) is 35.4 Å². The number of carbonyl (C=O) groups is 2. The van der Waals surface area contributed by atoms with Crippen molar-refractivity contribution >= 4 is 11.9 Å². The number of carboxylic acids is 1. The van der Waals surface area contributed by atoms with Gasteiger partial charge in [0.25, 0.3) is 5.91 Å². The number of nitrogens with one attached hydrogen (secondary N) is 1. The summed E-state index contributed by atoms with van der Waals surface area (Å²) < 4.78 is 6.69. The van der Waals surface area contributed by atoms with Crippen LogP contribution in [0.3, 0.4) is 0 Å². The molecule has 8 nitrogen and oxygen atoms in total. The minimum atomic E-state index is -0.874. The van der Waals surface area contributed by atoms with Crippen molar-refractivity contribution in [2.24, 2.45) is 5.92 Å². The van der Waals surface area contributed by atoms with E-state index in [0.717, 1.165) is 17.9 Å². The fourth-order valence-corrected chi connectivity index (χ4v) is 3.17. The van der Waals surface area contributed by atoms with Crippen molar-refractivity contribution in [1.82, 2.24) is 20.3 Å². The number of nitrogens with zero attached hydrogens (tertiary/aromatic N) is 3. The van der Waals surface area contributed by atoms with Crippen LogP contribution in [0.5, 0.6) is 5.75 Å². The normalized spacial score (nSPS) is 19.6. The lowest BCUT2D eigenvalue weighted by Crippen LogP contribution is -2.40. The number of rotatable bonds is 5. The molecule has 1 saturated carbocycles. The second-order valence-corrected chi connectivity index (χ2v) is 6.09. The molecule has 0 aliphatic heterocycles. The molecule has 1 aromatic heterocycles. The summed E-state index contributed by atoms with van der Waals surface area (Å²) >= 11 is 0. The van der Waals surface area contributed by atoms with E-state index >= 15 is 0 Å². The molecular weight excluding hydrogens is 324 g/mol. The highest BCUT2D eigenvalue weighted by Gasteiger charge is 2.34. The van der Waals surface area contributed by atoms with Crippen molar-refractivity contribution in [3.05, 3.63) is 35.7 Å². The van der Waals surface area contributed by atoms with Crippen LogP contribution in [0.15, 0.2) is 24.3 Å². The lowest BCUT2D eigenvalue weighted by molar-refractivity contribution is -0.142. The minimum Gasteiger partial charge on any atom is -0.497 e. The van der Waals surface area contributed by atoms with Gasteiger partial charge in [-0.2, -0.15) is 0 Å². The molecule has 2 aromatic rings. The molecule has 25 heavy (non-hydrogen) atoms. The molecule has 1 aromatic carbocycles. The van der Waals surface area contributed by atoms with Gasteiger partial charge in [0.1, 0.15) is 5.75 Å². The van der Waals surface area contributed by atoms with E-state index in [9.17, 15) is 14.7 Å². The summed E-state index contributed by atoms with van der Waals surface area (Å²) in [6.07, 6.45) is 2.03. The van der Waals surface area contributed by atoms with E-state index in [0.29, 0.717) is 18.5 Å². The number of carboxylic acid groups (broad SMARTS) is 1. The Bertz CT molecular complexity index is 784. The first-order valence-electron chi connectivity index (χ1n) is 8.11. The van der Waals surface area contributed by atoms with Gasteiger partial charge in [0, 0.05) is 6.04 Å². The lowest BCUT2D eigenvalue weighted by Gasteiger charge is -2.16. The highest BCUT2D eigenvalue weighted by Crippen LogP contribution is 2.26. The van der Waals surface area contributed by atoms with Crippen molar-refractivity contribution in [3.8, 4) is 11.4 Å². The number of aliphatic carboxylic acids is 1. The Kier molecular flexibility index (Phi) is 4.69. The molecule has 0 spiro atoms. The molecule has 1 aliphatic carbocycles. The van der Waals surface area contributed by atoms with E-state index in [1.807, 2.05) is 12.1 Å². The molecule has 0 bridgehead atoms. The molecule has 1 heterocycles. The fourth-order valence-electron chi connectivity index (χ4n) is 3.17. The smallest absolute Gasteiger partial charge is 0.308 e. The zero-order chi connectivity index (χ0) is 18.0. The van der Waals surface area contributed by atoms with Gasteiger partial charge >= 0.3 is 5.97 Å². The van der Waals surface area contributed by atoms with E-state index in [2.05, 4.69) is 15.6 Å². The van der Waals surface area contributed by atoms with Gasteiger partial charge in [-0.3, -0.25) is 9.59 Å². The van der Waals surface area contributed by atoms with Gasteiger partial charge < -0.3 is 15.2 Å². The van der Waals surface area contributed by atoms with E-state index < -0.39 is 17.8 Å². The summed E-state index contributed by atoms with van der Waals surface area (Å²) in [5, 5.41) is 20.0. The Balaban J connectivity index is 1.78. The number of ether oxygens (including phenoxy) is 1. The van der Waals surface area contributed by atoms with Crippen LogP contribution in [0.25, 0.3) is 5.69 Å². The molecule has 3 rings (SSSR count). The maximum Gasteiger partial charge on any atom is 0.308 e. The van der Waals surface area contributed by atoms with Crippen LogP contribution < -0.4 is 10.1 Å². The lowest BCUT2D eigenvalue weighted by atomic mass is 10.0. The van der Waals surface area contributed by atoms with Crippen LogP contribution in [0.2, 0.25) is 0 Å². The van der Waals surface area contributed by atoms with Gasteiger partial charge in [-0.05, 0) is 44.0 Å². The van der Waals surface area contributed by atoms with Gasteiger partial charge in [0.05, 0.1) is 24.4 Å². The van der Waals surface area contributed by atoms with Gasteiger partial charge in [-0.25, -0.2) is 4.68 Å². The number of benzene rings is 1. The molecule has 0 unspecified atom stereocenters. The molecule has 2 N–H and O–H groups in total. The number of methoxy groups -OCH3 is 1. The Morgan fingerprint density at radius 2 is 2.00 bits per heavy atom. The van der Waals surface area contributed by atoms with E-state index in [1.54, 1.807) is 30.8 Å². The highest BCUT2D eigenvalue weighted by molar-refractivity contribution is 5.93. The van der Waals surface area contributed by atoms with Crippen molar-refractivity contribution in [1.29, 1.82) is 0 Å². The first kappa shape index (κ1) is 16.9. The van der Waals surface area contributed by atoms with Gasteiger partial charge in [-0.1, -0.05) is 11.6 Å². The van der Waals surface area contributed by atoms with Gasteiger partial charge in [0.2, 0.25) is 0 Å². The quantitative estimate of drug-likeness (QED) is 0.853. The number of aromatic nitrogens is 3. The molecular formula is C17H20N4O4. The van der Waals surface area contributed by atoms with Gasteiger partial charge in [-0.15, -0.1) is 5.10 Å². The van der Waals surface area contributed by atoms with Crippen LogP contribution >= 0.6 is 0 Å². The molecule has 0 saturated heterocycles. The highest BCUT2D eigenvalue weighted by atomic mass is 16.5. The first-order chi connectivity index (χ1) is 12.0. The van der Waals surface area contributed by atoms with Crippen LogP contribution in [-0.4, -0.2) is 45.1 Å². The Labute approximate surface area is 144 Å². The number of carbonyl (C=O) groups excluding carboxylic acids is 1. The second kappa shape index (κ2) is 6.92. The summed E-state index contributed by atoms with van der Waals surface area (Å²) in [6.45, 7) is 1.75. The Morgan fingerprint density at radius 1 is 1.28 bits per heavy atom. The molecule has 0 radical (unpaired) electrons. The summed E-state index contributed by atoms with van der Waals surface area (Å²) in [5.41, 5.74) is 1.55. The molecule has 2 atom stereocenters. The molecule has 8 heteroatoms. The maximum absolute atomic E-state index is 12.5. The Hall–Kier alpha value is -2.90. The first-order valence-corrected chi connectivity index (χ1v) is 8.11. The zero-order valence-electron chi connectivity index (χ0n) is 14.1. The van der Waals surface area contributed by atoms with Crippen LogP contribution in [-0.2, 0) is 4.79 Å². The fraction of sp³-hybridized carbons (Fsp3) is 0.412. The summed E-state index contributed by atoms with van der Waals surface area (Å²) in [5.74, 6) is -1.09. The summed E-state index contributed by atoms with van der Waals surface area (Å²) in [7, 11) is 1.59. The summed E-state index contributed by atoms with van der Waals surface area (Å²) in [4.78, 5) is 23.7. The van der Waals surface area contributed by atoms with E-state index in [4.69, 9.17) is 4.74 Å².